The van der Waals surface area contributed by atoms with Gasteiger partial charge in [-0.05, 0) is 12.8 Å². The number of carbonyl (C=O) groups excluding carboxylic acids is 1. The lowest BCUT2D eigenvalue weighted by Crippen LogP contribution is -2.42. The average Bonchev–Trinajstić information content (AvgIpc) is 2.41. The number of nitrogens with zero attached hydrogens (tertiary/aromatic N) is 2. The third-order valence-corrected chi connectivity index (χ3v) is 4.21. The van der Waals surface area contributed by atoms with E-state index >= 15 is 0 Å². The predicted molar refractivity (Wildman–Crippen MR) is 77.9 cm³/mol. The molecule has 0 saturated carbocycles. The molecule has 118 valence electrons. The lowest BCUT2D eigenvalue weighted by atomic mass is 10.2. The molecule has 0 spiro atoms. The molecule has 0 bridgehead atoms. The Balaban J connectivity index is 4.21. The fourth-order valence-corrected chi connectivity index (χ4v) is 2.90. The van der Waals surface area contributed by atoms with Crippen molar-refractivity contribution in [3.63, 3.8) is 0 Å². The summed E-state index contributed by atoms with van der Waals surface area (Å²) in [6, 6.07) is -0.876. The minimum absolute atomic E-state index is 0.0321. The molecular formula is C10H21ClN4O4S. The number of rotatable bonds is 10. The van der Waals surface area contributed by atoms with Gasteiger partial charge in [-0.15, -0.1) is 16.5 Å². The third-order valence-electron chi connectivity index (χ3n) is 2.61. The van der Waals surface area contributed by atoms with Crippen LogP contribution in [0.2, 0.25) is 0 Å². The standard InChI is InChI=1S/C10H21ClN4O4S/c1-3-9(4-2)13-20(18,19)8-6-12-10(16)15(14-17)7-5-11/h9,13H,3-8H2,1-2H3,(H,12,16). The number of hydrogen-bond acceptors (Lipinski definition) is 5. The van der Waals surface area contributed by atoms with Gasteiger partial charge in [0.2, 0.25) is 10.0 Å². The van der Waals surface area contributed by atoms with Crippen LogP contribution in [0.25, 0.3) is 0 Å². The minimum Gasteiger partial charge on any atom is -0.335 e. The largest absolute Gasteiger partial charge is 0.340 e. The average molecular weight is 329 g/mol. The zero-order valence-corrected chi connectivity index (χ0v) is 13.2. The molecule has 0 aliphatic carbocycles. The van der Waals surface area contributed by atoms with Gasteiger partial charge in [0, 0.05) is 18.5 Å². The topological polar surface area (TPSA) is 108 Å². The quantitative estimate of drug-likeness (QED) is 0.354. The van der Waals surface area contributed by atoms with Crippen LogP contribution in [0.5, 0.6) is 0 Å². The third kappa shape index (κ3) is 7.61. The Kier molecular flexibility index (Phi) is 9.43. The SMILES string of the molecule is CCC(CC)NS(=O)(=O)CCNC(=O)N(CCCl)N=O. The Morgan fingerprint density at radius 1 is 1.35 bits per heavy atom. The lowest BCUT2D eigenvalue weighted by Gasteiger charge is -2.16. The first-order valence-corrected chi connectivity index (χ1v) is 8.53. The molecule has 0 aromatic heterocycles. The zero-order chi connectivity index (χ0) is 15.6. The van der Waals surface area contributed by atoms with Gasteiger partial charge in [-0.1, -0.05) is 13.8 Å². The number of carbonyl (C=O) groups is 1. The maximum absolute atomic E-state index is 11.7. The summed E-state index contributed by atoms with van der Waals surface area (Å²) in [7, 11) is -3.46. The first-order valence-electron chi connectivity index (χ1n) is 6.34. The highest BCUT2D eigenvalue weighted by molar-refractivity contribution is 7.89. The van der Waals surface area contributed by atoms with Crippen LogP contribution in [0, 0.1) is 4.91 Å². The molecule has 0 saturated heterocycles. The number of hydrogen-bond donors (Lipinski definition) is 2. The first-order chi connectivity index (χ1) is 9.40. The Morgan fingerprint density at radius 2 is 1.95 bits per heavy atom. The fraction of sp³-hybridized carbons (Fsp3) is 0.900. The monoisotopic (exact) mass is 328 g/mol. The molecule has 2 N–H and O–H groups in total. The molecule has 0 aliphatic rings. The fourth-order valence-electron chi connectivity index (χ4n) is 1.41. The van der Waals surface area contributed by atoms with Crippen molar-refractivity contribution in [1.82, 2.24) is 15.0 Å². The summed E-state index contributed by atoms with van der Waals surface area (Å²) in [5, 5.41) is 5.39. The molecule has 10 heteroatoms. The number of nitrogens with one attached hydrogen (secondary N) is 2. The smallest absolute Gasteiger partial charge is 0.335 e. The zero-order valence-electron chi connectivity index (χ0n) is 11.6. The van der Waals surface area contributed by atoms with Crippen molar-refractivity contribution < 1.29 is 13.2 Å². The molecule has 2 amide bonds. The Bertz CT molecular complexity index is 400. The Labute approximate surface area is 124 Å². The van der Waals surface area contributed by atoms with Crippen LogP contribution in [0.3, 0.4) is 0 Å². The number of alkyl halides is 1. The number of amides is 2. The van der Waals surface area contributed by atoms with Gasteiger partial charge >= 0.3 is 6.03 Å². The summed E-state index contributed by atoms with van der Waals surface area (Å²) in [5.41, 5.74) is 0. The second kappa shape index (κ2) is 9.89. The van der Waals surface area contributed by atoms with Crippen LogP contribution in [-0.4, -0.2) is 50.2 Å². The molecular weight excluding hydrogens is 308 g/mol. The summed E-state index contributed by atoms with van der Waals surface area (Å²) >= 11 is 5.39. The summed E-state index contributed by atoms with van der Waals surface area (Å²) in [6.07, 6.45) is 1.39. The van der Waals surface area contributed by atoms with Crippen LogP contribution in [0.15, 0.2) is 5.29 Å². The number of nitroso groups, excluding NO2 is 1. The van der Waals surface area contributed by atoms with E-state index in [4.69, 9.17) is 11.6 Å². The number of halogens is 1. The Hall–Kier alpha value is -0.930. The summed E-state index contributed by atoms with van der Waals surface area (Å²) in [4.78, 5) is 21.8. The van der Waals surface area contributed by atoms with Crippen LogP contribution in [-0.2, 0) is 10.0 Å². The molecule has 0 aromatic rings. The van der Waals surface area contributed by atoms with E-state index in [1.54, 1.807) is 0 Å². The molecule has 20 heavy (non-hydrogen) atoms. The van der Waals surface area contributed by atoms with Crippen molar-refractivity contribution in [2.45, 2.75) is 32.7 Å². The summed E-state index contributed by atoms with van der Waals surface area (Å²) in [5.74, 6) is -0.198. The summed E-state index contributed by atoms with van der Waals surface area (Å²) < 4.78 is 26.0. The van der Waals surface area contributed by atoms with E-state index in [9.17, 15) is 18.1 Å². The lowest BCUT2D eigenvalue weighted by molar-refractivity contribution is 0.203. The van der Waals surface area contributed by atoms with Crippen molar-refractivity contribution in [3.05, 3.63) is 4.91 Å². The molecule has 0 aliphatic heterocycles. The van der Waals surface area contributed by atoms with E-state index in [0.717, 1.165) is 0 Å². The maximum Gasteiger partial charge on any atom is 0.340 e. The van der Waals surface area contributed by atoms with Gasteiger partial charge in [0.1, 0.15) is 0 Å². The van der Waals surface area contributed by atoms with E-state index in [2.05, 4.69) is 15.3 Å². The maximum atomic E-state index is 11.7. The normalized spacial score (nSPS) is 11.4. The second-order valence-corrected chi connectivity index (χ2v) is 6.33. The van der Waals surface area contributed by atoms with Gasteiger partial charge in [0.25, 0.3) is 0 Å². The van der Waals surface area contributed by atoms with Crippen LogP contribution < -0.4 is 10.0 Å². The number of sulfonamides is 1. The molecule has 0 rings (SSSR count). The second-order valence-electron chi connectivity index (χ2n) is 4.08. The van der Waals surface area contributed by atoms with E-state index < -0.39 is 16.1 Å². The van der Waals surface area contributed by atoms with Gasteiger partial charge in [0.05, 0.1) is 17.6 Å². The van der Waals surface area contributed by atoms with Gasteiger partial charge in [0.15, 0.2) is 0 Å². The molecule has 0 atom stereocenters. The van der Waals surface area contributed by atoms with Gasteiger partial charge in [-0.25, -0.2) is 17.9 Å². The van der Waals surface area contributed by atoms with E-state index in [-0.39, 0.29) is 30.8 Å². The van der Waals surface area contributed by atoms with Crippen molar-refractivity contribution >= 4 is 27.7 Å². The van der Waals surface area contributed by atoms with Gasteiger partial charge in [-0.3, -0.25) is 0 Å². The van der Waals surface area contributed by atoms with E-state index in [0.29, 0.717) is 17.9 Å². The molecule has 0 aromatic carbocycles. The highest BCUT2D eigenvalue weighted by Crippen LogP contribution is 1.99. The van der Waals surface area contributed by atoms with Crippen LogP contribution in [0.4, 0.5) is 4.79 Å². The predicted octanol–water partition coefficient (Wildman–Crippen LogP) is 1.03. The van der Waals surface area contributed by atoms with E-state index in [1.807, 2.05) is 13.8 Å². The van der Waals surface area contributed by atoms with E-state index in [1.165, 1.54) is 0 Å². The highest BCUT2D eigenvalue weighted by atomic mass is 35.5. The molecule has 0 heterocycles. The molecule has 0 radical (unpaired) electrons. The molecule has 0 fully saturated rings. The number of urea groups is 1. The molecule has 0 unspecified atom stereocenters. The van der Waals surface area contributed by atoms with Crippen LogP contribution in [0.1, 0.15) is 26.7 Å². The van der Waals surface area contributed by atoms with Crippen molar-refractivity contribution in [3.8, 4) is 0 Å². The molecule has 8 nitrogen and oxygen atoms in total. The van der Waals surface area contributed by atoms with Crippen molar-refractivity contribution in [1.29, 1.82) is 0 Å². The van der Waals surface area contributed by atoms with Crippen molar-refractivity contribution in [2.24, 2.45) is 5.29 Å². The van der Waals surface area contributed by atoms with Crippen molar-refractivity contribution in [2.75, 3.05) is 24.7 Å². The summed E-state index contributed by atoms with van der Waals surface area (Å²) in [6.45, 7) is 3.63. The minimum atomic E-state index is -3.46. The van der Waals surface area contributed by atoms with Gasteiger partial charge in [-0.2, -0.15) is 5.01 Å². The van der Waals surface area contributed by atoms with Crippen LogP contribution >= 0.6 is 11.6 Å². The highest BCUT2D eigenvalue weighted by Gasteiger charge is 2.17. The Morgan fingerprint density at radius 3 is 2.40 bits per heavy atom. The van der Waals surface area contributed by atoms with Gasteiger partial charge < -0.3 is 5.32 Å². The first kappa shape index (κ1) is 19.1.